The molecule has 5 heteroatoms. The SMILES string of the molecule is N#Cc1c(O)cc(C(=O)O)cc1O. The van der Waals surface area contributed by atoms with E-state index < -0.39 is 17.5 Å². The summed E-state index contributed by atoms with van der Waals surface area (Å²) in [5.41, 5.74) is -0.598. The van der Waals surface area contributed by atoms with Gasteiger partial charge in [0.05, 0.1) is 5.56 Å². The van der Waals surface area contributed by atoms with E-state index in [9.17, 15) is 4.79 Å². The van der Waals surface area contributed by atoms with E-state index in [1.807, 2.05) is 0 Å². The van der Waals surface area contributed by atoms with E-state index in [4.69, 9.17) is 20.6 Å². The van der Waals surface area contributed by atoms with Crippen LogP contribution < -0.4 is 0 Å². The Morgan fingerprint density at radius 3 is 2.08 bits per heavy atom. The van der Waals surface area contributed by atoms with Gasteiger partial charge in [-0.25, -0.2) is 4.79 Å². The van der Waals surface area contributed by atoms with Gasteiger partial charge in [0.25, 0.3) is 0 Å². The van der Waals surface area contributed by atoms with Crippen LogP contribution in [0.4, 0.5) is 0 Å². The Morgan fingerprint density at radius 1 is 1.31 bits per heavy atom. The van der Waals surface area contributed by atoms with E-state index in [2.05, 4.69) is 0 Å². The predicted molar refractivity (Wildman–Crippen MR) is 41.4 cm³/mol. The maximum absolute atomic E-state index is 10.4. The van der Waals surface area contributed by atoms with Crippen molar-refractivity contribution in [1.29, 1.82) is 5.26 Å². The van der Waals surface area contributed by atoms with Crippen LogP contribution in [0.15, 0.2) is 12.1 Å². The summed E-state index contributed by atoms with van der Waals surface area (Å²) >= 11 is 0. The molecule has 0 aromatic heterocycles. The number of carboxylic acids is 1. The lowest BCUT2D eigenvalue weighted by molar-refractivity contribution is 0.0696. The number of carbonyl (C=O) groups is 1. The van der Waals surface area contributed by atoms with Crippen molar-refractivity contribution in [2.24, 2.45) is 0 Å². The summed E-state index contributed by atoms with van der Waals surface area (Å²) < 4.78 is 0. The van der Waals surface area contributed by atoms with Crippen molar-refractivity contribution in [3.8, 4) is 17.6 Å². The molecule has 0 saturated heterocycles. The molecule has 0 spiro atoms. The fourth-order valence-electron chi connectivity index (χ4n) is 0.850. The first kappa shape index (κ1) is 8.87. The number of benzene rings is 1. The van der Waals surface area contributed by atoms with Crippen LogP contribution in [0, 0.1) is 11.3 Å². The Morgan fingerprint density at radius 2 is 1.77 bits per heavy atom. The minimum atomic E-state index is -1.28. The van der Waals surface area contributed by atoms with Crippen molar-refractivity contribution in [3.05, 3.63) is 23.3 Å². The van der Waals surface area contributed by atoms with Crippen molar-refractivity contribution < 1.29 is 20.1 Å². The average molecular weight is 179 g/mol. The van der Waals surface area contributed by atoms with Crippen LogP contribution in [-0.2, 0) is 0 Å². The molecule has 0 aliphatic carbocycles. The third kappa shape index (κ3) is 1.51. The maximum atomic E-state index is 10.4. The van der Waals surface area contributed by atoms with Crippen LogP contribution in [0.1, 0.15) is 15.9 Å². The second kappa shape index (κ2) is 3.03. The van der Waals surface area contributed by atoms with E-state index in [1.165, 1.54) is 6.07 Å². The Balaban J connectivity index is 3.39. The fourth-order valence-corrected chi connectivity index (χ4v) is 0.850. The lowest BCUT2D eigenvalue weighted by Crippen LogP contribution is -1.96. The molecular formula is C8H5NO4. The number of nitrogens with zero attached hydrogens (tertiary/aromatic N) is 1. The van der Waals surface area contributed by atoms with E-state index >= 15 is 0 Å². The number of rotatable bonds is 1. The molecule has 0 radical (unpaired) electrons. The van der Waals surface area contributed by atoms with Gasteiger partial charge in [-0.3, -0.25) is 0 Å². The highest BCUT2D eigenvalue weighted by Crippen LogP contribution is 2.27. The van der Waals surface area contributed by atoms with Gasteiger partial charge < -0.3 is 15.3 Å². The first-order chi connectivity index (χ1) is 6.06. The monoisotopic (exact) mass is 179 g/mol. The third-order valence-corrected chi connectivity index (χ3v) is 1.46. The first-order valence-electron chi connectivity index (χ1n) is 3.25. The summed E-state index contributed by atoms with van der Waals surface area (Å²) in [6.45, 7) is 0. The zero-order chi connectivity index (χ0) is 10.0. The van der Waals surface area contributed by atoms with Crippen LogP contribution in [0.3, 0.4) is 0 Å². The van der Waals surface area contributed by atoms with E-state index in [-0.39, 0.29) is 11.1 Å². The lowest BCUT2D eigenvalue weighted by atomic mass is 10.1. The zero-order valence-corrected chi connectivity index (χ0v) is 6.35. The smallest absolute Gasteiger partial charge is 0.335 e. The van der Waals surface area contributed by atoms with E-state index in [1.54, 1.807) is 0 Å². The Kier molecular flexibility index (Phi) is 2.07. The lowest BCUT2D eigenvalue weighted by Gasteiger charge is -2.00. The summed E-state index contributed by atoms with van der Waals surface area (Å²) in [6, 6.07) is 3.34. The van der Waals surface area contributed by atoms with Gasteiger partial charge in [-0.2, -0.15) is 5.26 Å². The normalized spacial score (nSPS) is 9.15. The first-order valence-corrected chi connectivity index (χ1v) is 3.25. The highest BCUT2D eigenvalue weighted by Gasteiger charge is 2.12. The number of aromatic hydroxyl groups is 2. The number of hydrogen-bond donors (Lipinski definition) is 3. The third-order valence-electron chi connectivity index (χ3n) is 1.46. The number of carboxylic acid groups (broad SMARTS) is 1. The molecule has 0 saturated carbocycles. The second-order valence-corrected chi connectivity index (χ2v) is 2.31. The summed E-state index contributed by atoms with van der Waals surface area (Å²) in [6.07, 6.45) is 0. The van der Waals surface area contributed by atoms with Crippen LogP contribution in [-0.4, -0.2) is 21.3 Å². The molecule has 1 aromatic rings. The van der Waals surface area contributed by atoms with Gasteiger partial charge in [0, 0.05) is 0 Å². The minimum absolute atomic E-state index is 0.269. The molecule has 0 aliphatic rings. The summed E-state index contributed by atoms with van der Waals surface area (Å²) in [7, 11) is 0. The van der Waals surface area contributed by atoms with Crippen molar-refractivity contribution in [2.75, 3.05) is 0 Å². The van der Waals surface area contributed by atoms with Gasteiger partial charge in [-0.05, 0) is 12.1 Å². The van der Waals surface area contributed by atoms with Crippen LogP contribution >= 0.6 is 0 Å². The highest BCUT2D eigenvalue weighted by atomic mass is 16.4. The Labute approximate surface area is 73.1 Å². The van der Waals surface area contributed by atoms with Crippen molar-refractivity contribution in [1.82, 2.24) is 0 Å². The maximum Gasteiger partial charge on any atom is 0.335 e. The predicted octanol–water partition coefficient (Wildman–Crippen LogP) is 0.668. The van der Waals surface area contributed by atoms with Gasteiger partial charge in [0.15, 0.2) is 0 Å². The van der Waals surface area contributed by atoms with Gasteiger partial charge in [0.2, 0.25) is 0 Å². The molecule has 3 N–H and O–H groups in total. The number of aromatic carboxylic acids is 1. The number of hydrogen-bond acceptors (Lipinski definition) is 4. The molecule has 1 rings (SSSR count). The zero-order valence-electron chi connectivity index (χ0n) is 6.35. The number of phenolic OH excluding ortho intramolecular Hbond substituents is 2. The summed E-state index contributed by atoms with van der Waals surface area (Å²) in [4.78, 5) is 10.4. The standard InChI is InChI=1S/C8H5NO4/c9-3-5-6(10)1-4(8(12)13)2-7(5)11/h1-2,10-11H,(H,12,13). The van der Waals surface area contributed by atoms with Crippen molar-refractivity contribution in [2.45, 2.75) is 0 Å². The van der Waals surface area contributed by atoms with E-state index in [0.717, 1.165) is 12.1 Å². The molecule has 0 fully saturated rings. The molecule has 5 nitrogen and oxygen atoms in total. The van der Waals surface area contributed by atoms with Crippen LogP contribution in [0.5, 0.6) is 11.5 Å². The second-order valence-electron chi connectivity index (χ2n) is 2.31. The molecule has 0 unspecified atom stereocenters. The fraction of sp³-hybridized carbons (Fsp3) is 0. The van der Waals surface area contributed by atoms with Crippen LogP contribution in [0.25, 0.3) is 0 Å². The van der Waals surface area contributed by atoms with Crippen molar-refractivity contribution >= 4 is 5.97 Å². The average Bonchev–Trinajstić information content (AvgIpc) is 2.03. The van der Waals surface area contributed by atoms with Gasteiger partial charge >= 0.3 is 5.97 Å². The Hall–Kier alpha value is -2.22. The minimum Gasteiger partial charge on any atom is -0.506 e. The molecule has 0 bridgehead atoms. The summed E-state index contributed by atoms with van der Waals surface area (Å²) in [5, 5.41) is 35.1. The molecule has 0 amide bonds. The van der Waals surface area contributed by atoms with Gasteiger partial charge in [-0.1, -0.05) is 0 Å². The number of phenols is 2. The van der Waals surface area contributed by atoms with Crippen LogP contribution in [0.2, 0.25) is 0 Å². The highest BCUT2D eigenvalue weighted by molar-refractivity contribution is 5.89. The summed E-state index contributed by atoms with van der Waals surface area (Å²) in [5.74, 6) is -2.37. The number of nitriles is 1. The van der Waals surface area contributed by atoms with Gasteiger partial charge in [0.1, 0.15) is 23.1 Å². The molecule has 66 valence electrons. The molecule has 0 heterocycles. The molecule has 0 aliphatic heterocycles. The van der Waals surface area contributed by atoms with Crippen molar-refractivity contribution in [3.63, 3.8) is 0 Å². The van der Waals surface area contributed by atoms with Gasteiger partial charge in [-0.15, -0.1) is 0 Å². The molecule has 13 heavy (non-hydrogen) atoms. The molecule has 1 aromatic carbocycles. The Bertz CT molecular complexity index is 382. The van der Waals surface area contributed by atoms with E-state index in [0.29, 0.717) is 0 Å². The largest absolute Gasteiger partial charge is 0.506 e. The molecular weight excluding hydrogens is 174 g/mol. The molecule has 0 atom stereocenters. The topological polar surface area (TPSA) is 102 Å². The quantitative estimate of drug-likeness (QED) is 0.588.